The minimum Gasteiger partial charge on any atom is -0.384 e. The molecule has 2 N–H and O–H groups in total. The van der Waals surface area contributed by atoms with E-state index < -0.39 is 0 Å². The average molecular weight is 262 g/mol. The Labute approximate surface area is 114 Å². The molecule has 0 saturated carbocycles. The van der Waals surface area contributed by atoms with E-state index in [0.29, 0.717) is 25.6 Å². The standard InChI is InChI=1S/C15H22N2O2/c1-11(2)10-19-8-7-16-15(18)13-9-17-14-6-4-3-5-12(13)14/h3-6,11,13,17H,7-10H2,1-2H3,(H,16,18). The summed E-state index contributed by atoms with van der Waals surface area (Å²) in [5.74, 6) is 0.522. The summed E-state index contributed by atoms with van der Waals surface area (Å²) < 4.78 is 5.45. The topological polar surface area (TPSA) is 50.4 Å². The molecule has 0 aromatic heterocycles. The van der Waals surface area contributed by atoms with E-state index in [-0.39, 0.29) is 11.8 Å². The fourth-order valence-electron chi connectivity index (χ4n) is 2.21. The molecule has 4 nitrogen and oxygen atoms in total. The lowest BCUT2D eigenvalue weighted by Crippen LogP contribution is -2.33. The molecule has 1 aromatic carbocycles. The van der Waals surface area contributed by atoms with E-state index in [2.05, 4.69) is 24.5 Å². The number of rotatable bonds is 6. The van der Waals surface area contributed by atoms with Crippen molar-refractivity contribution in [2.45, 2.75) is 19.8 Å². The van der Waals surface area contributed by atoms with Crippen LogP contribution in [0.25, 0.3) is 0 Å². The Bertz CT molecular complexity index is 432. The van der Waals surface area contributed by atoms with Gasteiger partial charge in [0.15, 0.2) is 0 Å². The Morgan fingerprint density at radius 1 is 1.47 bits per heavy atom. The molecule has 19 heavy (non-hydrogen) atoms. The monoisotopic (exact) mass is 262 g/mol. The maximum Gasteiger partial charge on any atom is 0.229 e. The van der Waals surface area contributed by atoms with Gasteiger partial charge in [-0.05, 0) is 17.5 Å². The summed E-state index contributed by atoms with van der Waals surface area (Å²) >= 11 is 0. The molecule has 1 heterocycles. The second-order valence-electron chi connectivity index (χ2n) is 5.28. The van der Waals surface area contributed by atoms with Gasteiger partial charge in [0.1, 0.15) is 0 Å². The van der Waals surface area contributed by atoms with Gasteiger partial charge in [-0.1, -0.05) is 32.0 Å². The van der Waals surface area contributed by atoms with Crippen LogP contribution in [0.3, 0.4) is 0 Å². The fraction of sp³-hybridized carbons (Fsp3) is 0.533. The lowest BCUT2D eigenvalue weighted by Gasteiger charge is -2.12. The van der Waals surface area contributed by atoms with Gasteiger partial charge < -0.3 is 15.4 Å². The summed E-state index contributed by atoms with van der Waals surface area (Å²) in [5.41, 5.74) is 2.15. The summed E-state index contributed by atoms with van der Waals surface area (Å²) in [6.45, 7) is 6.79. The highest BCUT2D eigenvalue weighted by atomic mass is 16.5. The first-order valence-electron chi connectivity index (χ1n) is 6.86. The van der Waals surface area contributed by atoms with Crippen LogP contribution in [0, 0.1) is 5.92 Å². The zero-order valence-corrected chi connectivity index (χ0v) is 11.6. The molecule has 1 aliphatic rings. The van der Waals surface area contributed by atoms with E-state index in [4.69, 9.17) is 4.74 Å². The minimum atomic E-state index is -0.0821. The highest BCUT2D eigenvalue weighted by Gasteiger charge is 2.27. The Morgan fingerprint density at radius 2 is 2.26 bits per heavy atom. The van der Waals surface area contributed by atoms with Gasteiger partial charge in [-0.15, -0.1) is 0 Å². The predicted octanol–water partition coefficient (Wildman–Crippen LogP) is 1.98. The first kappa shape index (κ1) is 13.9. The lowest BCUT2D eigenvalue weighted by atomic mass is 10.0. The van der Waals surface area contributed by atoms with Gasteiger partial charge in [-0.3, -0.25) is 4.79 Å². The van der Waals surface area contributed by atoms with Crippen LogP contribution >= 0.6 is 0 Å². The number of hydrogen-bond acceptors (Lipinski definition) is 3. The fourth-order valence-corrected chi connectivity index (χ4v) is 2.21. The Morgan fingerprint density at radius 3 is 3.05 bits per heavy atom. The third-order valence-corrected chi connectivity index (χ3v) is 3.15. The molecule has 0 bridgehead atoms. The van der Waals surface area contributed by atoms with E-state index in [1.165, 1.54) is 0 Å². The SMILES string of the molecule is CC(C)COCCNC(=O)C1CNc2ccccc21. The molecule has 0 spiro atoms. The first-order chi connectivity index (χ1) is 9.18. The summed E-state index contributed by atoms with van der Waals surface area (Å²) in [4.78, 5) is 12.1. The molecule has 0 radical (unpaired) electrons. The normalized spacial score (nSPS) is 17.1. The quantitative estimate of drug-likeness (QED) is 0.771. The number of hydrogen-bond donors (Lipinski definition) is 2. The lowest BCUT2D eigenvalue weighted by molar-refractivity contribution is -0.122. The predicted molar refractivity (Wildman–Crippen MR) is 76.3 cm³/mol. The van der Waals surface area contributed by atoms with Crippen molar-refractivity contribution in [1.82, 2.24) is 5.32 Å². The third-order valence-electron chi connectivity index (χ3n) is 3.15. The zero-order valence-electron chi connectivity index (χ0n) is 11.6. The van der Waals surface area contributed by atoms with Gasteiger partial charge in [-0.2, -0.15) is 0 Å². The highest BCUT2D eigenvalue weighted by Crippen LogP contribution is 2.30. The van der Waals surface area contributed by atoms with Crippen molar-refractivity contribution in [3.63, 3.8) is 0 Å². The number of nitrogens with one attached hydrogen (secondary N) is 2. The first-order valence-corrected chi connectivity index (χ1v) is 6.86. The molecule has 0 saturated heterocycles. The van der Waals surface area contributed by atoms with Crippen LogP contribution in [-0.2, 0) is 9.53 Å². The number of anilines is 1. The van der Waals surface area contributed by atoms with Gasteiger partial charge >= 0.3 is 0 Å². The largest absolute Gasteiger partial charge is 0.384 e. The van der Waals surface area contributed by atoms with Crippen LogP contribution in [0.1, 0.15) is 25.3 Å². The number of ether oxygens (including phenoxy) is 1. The van der Waals surface area contributed by atoms with E-state index >= 15 is 0 Å². The molecule has 4 heteroatoms. The summed E-state index contributed by atoms with van der Waals surface area (Å²) in [5, 5.41) is 6.19. The van der Waals surface area contributed by atoms with Crippen LogP contribution in [0.2, 0.25) is 0 Å². The molecule has 1 atom stereocenters. The van der Waals surface area contributed by atoms with Crippen LogP contribution < -0.4 is 10.6 Å². The maximum absolute atomic E-state index is 12.1. The molecule has 1 amide bonds. The highest BCUT2D eigenvalue weighted by molar-refractivity contribution is 5.88. The number of carbonyl (C=O) groups excluding carboxylic acids is 1. The Balaban J connectivity index is 1.76. The molecule has 1 aromatic rings. The van der Waals surface area contributed by atoms with Crippen LogP contribution in [-0.4, -0.2) is 32.2 Å². The number of fused-ring (bicyclic) bond motifs is 1. The zero-order chi connectivity index (χ0) is 13.7. The maximum atomic E-state index is 12.1. The second kappa shape index (κ2) is 6.57. The number of amides is 1. The van der Waals surface area contributed by atoms with Gasteiger partial charge in [0.25, 0.3) is 0 Å². The van der Waals surface area contributed by atoms with Gasteiger partial charge in [0.05, 0.1) is 12.5 Å². The third kappa shape index (κ3) is 3.70. The van der Waals surface area contributed by atoms with E-state index in [1.807, 2.05) is 24.3 Å². The van der Waals surface area contributed by atoms with Crippen LogP contribution in [0.4, 0.5) is 5.69 Å². The van der Waals surface area contributed by atoms with Crippen molar-refractivity contribution < 1.29 is 9.53 Å². The van der Waals surface area contributed by atoms with Crippen molar-refractivity contribution in [1.29, 1.82) is 0 Å². The van der Waals surface area contributed by atoms with E-state index in [1.54, 1.807) is 0 Å². The van der Waals surface area contributed by atoms with Gasteiger partial charge in [0.2, 0.25) is 5.91 Å². The summed E-state index contributed by atoms with van der Waals surface area (Å²) in [6.07, 6.45) is 0. The minimum absolute atomic E-state index is 0.0746. The molecule has 1 aliphatic heterocycles. The van der Waals surface area contributed by atoms with Crippen molar-refractivity contribution in [3.8, 4) is 0 Å². The molecular weight excluding hydrogens is 240 g/mol. The second-order valence-corrected chi connectivity index (χ2v) is 5.28. The van der Waals surface area contributed by atoms with E-state index in [9.17, 15) is 4.79 Å². The molecule has 0 fully saturated rings. The van der Waals surface area contributed by atoms with Crippen molar-refractivity contribution >= 4 is 11.6 Å². The summed E-state index contributed by atoms with van der Waals surface area (Å²) in [7, 11) is 0. The molecule has 104 valence electrons. The van der Waals surface area contributed by atoms with Crippen molar-refractivity contribution in [2.75, 3.05) is 31.6 Å². The smallest absolute Gasteiger partial charge is 0.229 e. The average Bonchev–Trinajstić information content (AvgIpc) is 2.81. The van der Waals surface area contributed by atoms with Crippen molar-refractivity contribution in [3.05, 3.63) is 29.8 Å². The number of para-hydroxylation sites is 1. The van der Waals surface area contributed by atoms with Crippen LogP contribution in [0.5, 0.6) is 0 Å². The molecule has 0 aliphatic carbocycles. The number of benzene rings is 1. The van der Waals surface area contributed by atoms with Gasteiger partial charge in [-0.25, -0.2) is 0 Å². The number of carbonyl (C=O) groups is 1. The molecular formula is C15H22N2O2. The van der Waals surface area contributed by atoms with Gasteiger partial charge in [0, 0.05) is 25.4 Å². The summed E-state index contributed by atoms with van der Waals surface area (Å²) in [6, 6.07) is 7.97. The molecule has 1 unspecified atom stereocenters. The molecule has 2 rings (SSSR count). The Hall–Kier alpha value is -1.55. The van der Waals surface area contributed by atoms with Crippen LogP contribution in [0.15, 0.2) is 24.3 Å². The van der Waals surface area contributed by atoms with E-state index in [0.717, 1.165) is 17.9 Å². The van der Waals surface area contributed by atoms with Crippen molar-refractivity contribution in [2.24, 2.45) is 5.92 Å². The Kier molecular flexibility index (Phi) is 4.80.